The maximum absolute atomic E-state index is 13.3. The van der Waals surface area contributed by atoms with Gasteiger partial charge in [-0.15, -0.1) is 10.2 Å². The Morgan fingerprint density at radius 1 is 1.12 bits per heavy atom. The third-order valence-electron chi connectivity index (χ3n) is 4.00. The first kappa shape index (κ1) is 15.1. The van der Waals surface area contributed by atoms with E-state index in [4.69, 9.17) is 4.42 Å². The van der Waals surface area contributed by atoms with Crippen LogP contribution in [0.25, 0.3) is 28.2 Å². The fraction of sp³-hybridized carbons (Fsp3) is 0.111. The lowest BCUT2D eigenvalue weighted by Gasteiger charge is -2.16. The summed E-state index contributed by atoms with van der Waals surface area (Å²) >= 11 is 0. The Morgan fingerprint density at radius 2 is 1.92 bits per heavy atom. The Kier molecular flexibility index (Phi) is 3.53. The molecule has 0 saturated carbocycles. The molecule has 0 aliphatic rings. The quantitative estimate of drug-likeness (QED) is 0.620. The van der Waals surface area contributed by atoms with Crippen molar-refractivity contribution in [2.45, 2.75) is 6.92 Å². The van der Waals surface area contributed by atoms with E-state index < -0.39 is 0 Å². The average molecular weight is 333 g/mol. The van der Waals surface area contributed by atoms with Crippen molar-refractivity contribution in [2.75, 3.05) is 12.4 Å². The number of pyridine rings is 2. The number of aromatic nitrogens is 4. The highest BCUT2D eigenvalue weighted by atomic mass is 16.4. The minimum Gasteiger partial charge on any atom is -0.423 e. The molecule has 0 bridgehead atoms. The van der Waals surface area contributed by atoms with Crippen LogP contribution in [0.1, 0.15) is 5.69 Å². The number of aryl methyl sites for hydroxylation is 1. The highest BCUT2D eigenvalue weighted by molar-refractivity contribution is 5.97. The fourth-order valence-corrected chi connectivity index (χ4v) is 2.91. The van der Waals surface area contributed by atoms with Gasteiger partial charge in [-0.25, -0.2) is 4.98 Å². The standard InChI is InChI=1S/C18H15N5O2/c1-11-8-9-13-15(19-2)14(17-22-20-10-25-17)18(24)23(16(13)21-11)12-6-4-3-5-7-12/h3-10,19H,1-2H3. The summed E-state index contributed by atoms with van der Waals surface area (Å²) in [6, 6.07) is 13.2. The molecule has 0 unspecified atom stereocenters. The van der Waals surface area contributed by atoms with Crippen molar-refractivity contribution >= 4 is 16.7 Å². The van der Waals surface area contributed by atoms with E-state index in [0.29, 0.717) is 16.9 Å². The Balaban J connectivity index is 2.22. The molecule has 0 aliphatic carbocycles. The van der Waals surface area contributed by atoms with Crippen LogP contribution in [0.2, 0.25) is 0 Å². The number of hydrogen-bond donors (Lipinski definition) is 1. The first-order valence-corrected chi connectivity index (χ1v) is 7.77. The molecule has 7 nitrogen and oxygen atoms in total. The predicted octanol–water partition coefficient (Wildman–Crippen LogP) is 2.79. The van der Waals surface area contributed by atoms with Crippen LogP contribution >= 0.6 is 0 Å². The smallest absolute Gasteiger partial charge is 0.271 e. The topological polar surface area (TPSA) is 85.8 Å². The molecule has 0 amide bonds. The minimum atomic E-state index is -0.273. The summed E-state index contributed by atoms with van der Waals surface area (Å²) in [5, 5.41) is 11.5. The second-order valence-electron chi connectivity index (χ2n) is 5.54. The monoisotopic (exact) mass is 333 g/mol. The molecule has 4 rings (SSSR count). The van der Waals surface area contributed by atoms with Gasteiger partial charge in [0.05, 0.1) is 11.4 Å². The van der Waals surface area contributed by atoms with Crippen LogP contribution in [0.15, 0.2) is 58.1 Å². The van der Waals surface area contributed by atoms with Gasteiger partial charge in [-0.1, -0.05) is 18.2 Å². The van der Waals surface area contributed by atoms with Crippen LogP contribution in [0.5, 0.6) is 0 Å². The van der Waals surface area contributed by atoms with E-state index in [9.17, 15) is 4.79 Å². The SMILES string of the molecule is CNc1c(-c2nnco2)c(=O)n(-c2ccccc2)c2nc(C)ccc12. The Bertz CT molecular complexity index is 1100. The van der Waals surface area contributed by atoms with Crippen LogP contribution in [0, 0.1) is 6.92 Å². The van der Waals surface area contributed by atoms with Crippen molar-refractivity contribution in [3.8, 4) is 17.1 Å². The average Bonchev–Trinajstić information content (AvgIpc) is 3.15. The molecule has 3 heterocycles. The number of rotatable bonds is 3. The van der Waals surface area contributed by atoms with Crippen molar-refractivity contribution in [1.82, 2.24) is 19.7 Å². The summed E-state index contributed by atoms with van der Waals surface area (Å²) in [5.41, 5.74) is 2.78. The van der Waals surface area contributed by atoms with E-state index in [1.807, 2.05) is 49.4 Å². The number of anilines is 1. The van der Waals surface area contributed by atoms with Crippen LogP contribution in [-0.4, -0.2) is 26.8 Å². The van der Waals surface area contributed by atoms with Gasteiger partial charge >= 0.3 is 0 Å². The first-order chi connectivity index (χ1) is 12.2. The van der Waals surface area contributed by atoms with Gasteiger partial charge < -0.3 is 9.73 Å². The second kappa shape index (κ2) is 5.86. The molecule has 1 aromatic carbocycles. The number of nitrogens with one attached hydrogen (secondary N) is 1. The third kappa shape index (κ3) is 2.37. The molecule has 4 aromatic rings. The van der Waals surface area contributed by atoms with Gasteiger partial charge in [-0.2, -0.15) is 0 Å². The molecular formula is C18H15N5O2. The molecule has 124 valence electrons. The number of hydrogen-bond acceptors (Lipinski definition) is 6. The van der Waals surface area contributed by atoms with Crippen molar-refractivity contribution in [3.05, 3.63) is 64.9 Å². The largest absolute Gasteiger partial charge is 0.423 e. The second-order valence-corrected chi connectivity index (χ2v) is 5.54. The van der Waals surface area contributed by atoms with E-state index in [1.54, 1.807) is 11.6 Å². The van der Waals surface area contributed by atoms with E-state index in [1.165, 1.54) is 6.39 Å². The molecule has 0 fully saturated rings. The lowest BCUT2D eigenvalue weighted by molar-refractivity contribution is 0.568. The normalized spacial score (nSPS) is 11.0. The summed E-state index contributed by atoms with van der Waals surface area (Å²) in [6.45, 7) is 1.89. The van der Waals surface area contributed by atoms with Crippen LogP contribution in [-0.2, 0) is 0 Å². The summed E-state index contributed by atoms with van der Waals surface area (Å²) in [7, 11) is 1.75. The molecule has 25 heavy (non-hydrogen) atoms. The molecule has 7 heteroatoms. The van der Waals surface area contributed by atoms with Crippen LogP contribution in [0.4, 0.5) is 5.69 Å². The Morgan fingerprint density at radius 3 is 2.60 bits per heavy atom. The highest BCUT2D eigenvalue weighted by Gasteiger charge is 2.22. The van der Waals surface area contributed by atoms with Crippen molar-refractivity contribution < 1.29 is 4.42 Å². The van der Waals surface area contributed by atoms with E-state index in [2.05, 4.69) is 20.5 Å². The molecule has 3 aromatic heterocycles. The zero-order valence-corrected chi connectivity index (χ0v) is 13.7. The van der Waals surface area contributed by atoms with Crippen LogP contribution in [0.3, 0.4) is 0 Å². The van der Waals surface area contributed by atoms with Gasteiger partial charge in [0.1, 0.15) is 11.2 Å². The molecule has 0 aliphatic heterocycles. The third-order valence-corrected chi connectivity index (χ3v) is 4.00. The number of benzene rings is 1. The maximum Gasteiger partial charge on any atom is 0.271 e. The fourth-order valence-electron chi connectivity index (χ4n) is 2.91. The number of nitrogens with zero attached hydrogens (tertiary/aromatic N) is 4. The van der Waals surface area contributed by atoms with Crippen molar-refractivity contribution in [1.29, 1.82) is 0 Å². The number of fused-ring (bicyclic) bond motifs is 1. The van der Waals surface area contributed by atoms with E-state index in [0.717, 1.165) is 16.8 Å². The molecule has 0 atom stereocenters. The first-order valence-electron chi connectivity index (χ1n) is 7.77. The van der Waals surface area contributed by atoms with Crippen molar-refractivity contribution in [3.63, 3.8) is 0 Å². The van der Waals surface area contributed by atoms with Gasteiger partial charge in [0.15, 0.2) is 0 Å². The number of para-hydroxylation sites is 1. The van der Waals surface area contributed by atoms with Crippen molar-refractivity contribution in [2.24, 2.45) is 0 Å². The molecule has 0 radical (unpaired) electrons. The molecule has 1 N–H and O–H groups in total. The van der Waals surface area contributed by atoms with E-state index in [-0.39, 0.29) is 11.4 Å². The van der Waals surface area contributed by atoms with E-state index >= 15 is 0 Å². The lowest BCUT2D eigenvalue weighted by atomic mass is 10.1. The lowest BCUT2D eigenvalue weighted by Crippen LogP contribution is -2.23. The maximum atomic E-state index is 13.3. The zero-order chi connectivity index (χ0) is 17.4. The van der Waals surface area contributed by atoms with Gasteiger partial charge in [0.2, 0.25) is 6.39 Å². The van der Waals surface area contributed by atoms with Gasteiger partial charge in [-0.3, -0.25) is 9.36 Å². The van der Waals surface area contributed by atoms with Gasteiger partial charge in [-0.05, 0) is 31.2 Å². The van der Waals surface area contributed by atoms with Crippen LogP contribution < -0.4 is 10.9 Å². The zero-order valence-electron chi connectivity index (χ0n) is 13.7. The highest BCUT2D eigenvalue weighted by Crippen LogP contribution is 2.31. The Hall–Kier alpha value is -3.48. The minimum absolute atomic E-state index is 0.168. The molecule has 0 saturated heterocycles. The summed E-state index contributed by atoms with van der Waals surface area (Å²) in [4.78, 5) is 17.9. The van der Waals surface area contributed by atoms with Gasteiger partial charge in [0.25, 0.3) is 11.4 Å². The van der Waals surface area contributed by atoms with Gasteiger partial charge in [0, 0.05) is 18.1 Å². The summed E-state index contributed by atoms with van der Waals surface area (Å²) < 4.78 is 6.88. The molecule has 0 spiro atoms. The predicted molar refractivity (Wildman–Crippen MR) is 94.9 cm³/mol. The summed E-state index contributed by atoms with van der Waals surface area (Å²) in [6.07, 6.45) is 1.21. The Labute approximate surface area is 143 Å². The molecular weight excluding hydrogens is 318 g/mol. The summed E-state index contributed by atoms with van der Waals surface area (Å²) in [5.74, 6) is 0.168.